The average molecular weight is 387 g/mol. The zero-order chi connectivity index (χ0) is 19.1. The minimum atomic E-state index is 0.125. The van der Waals surface area contributed by atoms with E-state index in [1.807, 2.05) is 18.3 Å². The standard InChI is InChI=1S/C21H30N4OS/c1-4-16-14-24-19(27-16)10-13-23-20(22-5-2)25-15-21(11-12-21)17-8-6-7-9-18(17)26-3/h6-9,14H,4-5,10-13,15H2,1-3H3,(H2,22,23,25). The fraction of sp³-hybridized carbons (Fsp3) is 0.524. The van der Waals surface area contributed by atoms with E-state index in [2.05, 4.69) is 41.6 Å². The van der Waals surface area contributed by atoms with Crippen molar-refractivity contribution in [2.75, 3.05) is 26.7 Å². The van der Waals surface area contributed by atoms with Gasteiger partial charge in [0.1, 0.15) is 5.75 Å². The summed E-state index contributed by atoms with van der Waals surface area (Å²) in [6.07, 6.45) is 6.29. The molecule has 0 atom stereocenters. The fourth-order valence-corrected chi connectivity index (χ4v) is 4.10. The van der Waals surface area contributed by atoms with Crippen LogP contribution in [0.1, 0.15) is 42.1 Å². The van der Waals surface area contributed by atoms with Crippen LogP contribution >= 0.6 is 11.3 Å². The summed E-state index contributed by atoms with van der Waals surface area (Å²) in [5, 5.41) is 7.99. The van der Waals surface area contributed by atoms with E-state index in [1.54, 1.807) is 18.4 Å². The van der Waals surface area contributed by atoms with E-state index in [9.17, 15) is 0 Å². The van der Waals surface area contributed by atoms with Gasteiger partial charge in [-0.2, -0.15) is 0 Å². The predicted molar refractivity (Wildman–Crippen MR) is 113 cm³/mol. The number of benzene rings is 1. The van der Waals surface area contributed by atoms with Crippen LogP contribution < -0.4 is 15.4 Å². The van der Waals surface area contributed by atoms with Gasteiger partial charge in [-0.25, -0.2) is 4.98 Å². The molecule has 2 N–H and O–H groups in total. The van der Waals surface area contributed by atoms with Crippen LogP contribution in [-0.2, 0) is 18.3 Å². The maximum absolute atomic E-state index is 5.57. The number of hydrogen-bond acceptors (Lipinski definition) is 4. The van der Waals surface area contributed by atoms with Crippen molar-refractivity contribution in [2.24, 2.45) is 4.99 Å². The average Bonchev–Trinajstić information content (AvgIpc) is 3.36. The molecule has 0 spiro atoms. The highest BCUT2D eigenvalue weighted by Gasteiger charge is 2.46. The first-order valence-electron chi connectivity index (χ1n) is 9.80. The Kier molecular flexibility index (Phi) is 6.72. The second-order valence-corrected chi connectivity index (χ2v) is 8.13. The van der Waals surface area contributed by atoms with Gasteiger partial charge in [0.15, 0.2) is 5.96 Å². The first-order chi connectivity index (χ1) is 13.2. The molecule has 2 aromatic rings. The van der Waals surface area contributed by atoms with Gasteiger partial charge in [-0.05, 0) is 32.3 Å². The lowest BCUT2D eigenvalue weighted by molar-refractivity contribution is 0.404. The number of rotatable bonds is 9. The van der Waals surface area contributed by atoms with Crippen LogP contribution in [0.3, 0.4) is 0 Å². The molecule has 1 aromatic heterocycles. The third kappa shape index (κ3) is 5.01. The lowest BCUT2D eigenvalue weighted by Gasteiger charge is -2.18. The smallest absolute Gasteiger partial charge is 0.191 e. The van der Waals surface area contributed by atoms with Crippen molar-refractivity contribution in [2.45, 2.75) is 44.9 Å². The number of aryl methyl sites for hydroxylation is 1. The van der Waals surface area contributed by atoms with Crippen molar-refractivity contribution in [3.05, 3.63) is 45.9 Å². The Morgan fingerprint density at radius 1 is 1.26 bits per heavy atom. The molecule has 1 saturated carbocycles. The van der Waals surface area contributed by atoms with Crippen LogP contribution in [0.25, 0.3) is 0 Å². The summed E-state index contributed by atoms with van der Waals surface area (Å²) >= 11 is 1.80. The number of thiazole rings is 1. The van der Waals surface area contributed by atoms with Crippen LogP contribution in [0.2, 0.25) is 0 Å². The Balaban J connectivity index is 1.60. The Bertz CT molecular complexity index is 767. The topological polar surface area (TPSA) is 58.5 Å². The van der Waals surface area contributed by atoms with E-state index >= 15 is 0 Å². The molecule has 1 aliphatic rings. The highest BCUT2D eigenvalue weighted by Crippen LogP contribution is 2.51. The van der Waals surface area contributed by atoms with E-state index in [1.165, 1.54) is 15.4 Å². The molecule has 27 heavy (non-hydrogen) atoms. The molecule has 146 valence electrons. The van der Waals surface area contributed by atoms with E-state index in [-0.39, 0.29) is 5.41 Å². The van der Waals surface area contributed by atoms with Crippen molar-refractivity contribution < 1.29 is 4.74 Å². The lowest BCUT2D eigenvalue weighted by Crippen LogP contribution is -2.39. The quantitative estimate of drug-likeness (QED) is 0.511. The third-order valence-corrected chi connectivity index (χ3v) is 6.20. The first kappa shape index (κ1) is 19.7. The molecule has 1 aromatic carbocycles. The number of methoxy groups -OCH3 is 1. The molecule has 0 saturated heterocycles. The summed E-state index contributed by atoms with van der Waals surface area (Å²) in [6.45, 7) is 6.73. The number of para-hydroxylation sites is 1. The van der Waals surface area contributed by atoms with Crippen molar-refractivity contribution in [3.8, 4) is 5.75 Å². The number of nitrogens with zero attached hydrogens (tertiary/aromatic N) is 2. The van der Waals surface area contributed by atoms with Crippen LogP contribution in [0, 0.1) is 0 Å². The number of ether oxygens (including phenoxy) is 1. The van der Waals surface area contributed by atoms with Crippen LogP contribution in [-0.4, -0.2) is 37.7 Å². The van der Waals surface area contributed by atoms with Crippen LogP contribution in [0.4, 0.5) is 0 Å². The summed E-state index contributed by atoms with van der Waals surface area (Å²) in [6, 6.07) is 8.33. The fourth-order valence-electron chi connectivity index (χ4n) is 3.23. The Labute approximate surface area is 166 Å². The molecule has 1 aliphatic carbocycles. The van der Waals surface area contributed by atoms with Crippen molar-refractivity contribution >= 4 is 17.3 Å². The molecule has 1 heterocycles. The molecule has 0 unspecified atom stereocenters. The number of aliphatic imine (C=N–C) groups is 1. The van der Waals surface area contributed by atoms with Gasteiger partial charge < -0.3 is 15.4 Å². The van der Waals surface area contributed by atoms with Crippen LogP contribution in [0.15, 0.2) is 35.5 Å². The molecule has 0 amide bonds. The Morgan fingerprint density at radius 2 is 2.07 bits per heavy atom. The van der Waals surface area contributed by atoms with E-state index < -0.39 is 0 Å². The summed E-state index contributed by atoms with van der Waals surface area (Å²) < 4.78 is 5.57. The van der Waals surface area contributed by atoms with Gasteiger partial charge in [0, 0.05) is 41.6 Å². The Hall–Kier alpha value is -2.08. The summed E-state index contributed by atoms with van der Waals surface area (Å²) in [5.74, 6) is 1.85. The van der Waals surface area contributed by atoms with Crippen molar-refractivity contribution in [1.29, 1.82) is 0 Å². The van der Waals surface area contributed by atoms with Gasteiger partial charge >= 0.3 is 0 Å². The molecule has 6 heteroatoms. The van der Waals surface area contributed by atoms with Gasteiger partial charge in [0.2, 0.25) is 0 Å². The van der Waals surface area contributed by atoms with Crippen molar-refractivity contribution in [3.63, 3.8) is 0 Å². The summed E-state index contributed by atoms with van der Waals surface area (Å²) in [5.41, 5.74) is 1.40. The SMILES string of the molecule is CCNC(=NCC1(c2ccccc2OC)CC1)NCCc1ncc(CC)s1. The molecule has 0 bridgehead atoms. The molecule has 0 radical (unpaired) electrons. The van der Waals surface area contributed by atoms with Gasteiger partial charge in [0.25, 0.3) is 0 Å². The number of nitrogens with one attached hydrogen (secondary N) is 2. The molecular formula is C21H30N4OS. The maximum atomic E-state index is 5.57. The number of guanidine groups is 1. The number of hydrogen-bond donors (Lipinski definition) is 2. The minimum absolute atomic E-state index is 0.125. The third-order valence-electron chi connectivity index (χ3n) is 5.00. The van der Waals surface area contributed by atoms with E-state index in [0.29, 0.717) is 0 Å². The van der Waals surface area contributed by atoms with E-state index in [0.717, 1.165) is 57.0 Å². The number of aromatic nitrogens is 1. The second-order valence-electron chi connectivity index (χ2n) is 6.93. The minimum Gasteiger partial charge on any atom is -0.496 e. The van der Waals surface area contributed by atoms with Gasteiger partial charge in [-0.1, -0.05) is 25.1 Å². The second kappa shape index (κ2) is 9.22. The zero-order valence-corrected chi connectivity index (χ0v) is 17.4. The highest BCUT2D eigenvalue weighted by atomic mass is 32.1. The monoisotopic (exact) mass is 386 g/mol. The Morgan fingerprint density at radius 3 is 2.74 bits per heavy atom. The van der Waals surface area contributed by atoms with Gasteiger partial charge in [-0.15, -0.1) is 11.3 Å². The lowest BCUT2D eigenvalue weighted by atomic mass is 9.95. The maximum Gasteiger partial charge on any atom is 0.191 e. The van der Waals surface area contributed by atoms with Crippen molar-refractivity contribution in [1.82, 2.24) is 15.6 Å². The first-order valence-corrected chi connectivity index (χ1v) is 10.6. The van der Waals surface area contributed by atoms with Gasteiger partial charge in [-0.3, -0.25) is 4.99 Å². The molecular weight excluding hydrogens is 356 g/mol. The molecule has 1 fully saturated rings. The summed E-state index contributed by atoms with van der Waals surface area (Å²) in [4.78, 5) is 10.7. The highest BCUT2D eigenvalue weighted by molar-refractivity contribution is 7.11. The molecule has 3 rings (SSSR count). The normalized spacial score (nSPS) is 15.4. The van der Waals surface area contributed by atoms with Gasteiger partial charge in [0.05, 0.1) is 18.7 Å². The van der Waals surface area contributed by atoms with Crippen LogP contribution in [0.5, 0.6) is 5.75 Å². The van der Waals surface area contributed by atoms with E-state index in [4.69, 9.17) is 9.73 Å². The molecule has 0 aliphatic heterocycles. The molecule has 5 nitrogen and oxygen atoms in total. The zero-order valence-electron chi connectivity index (χ0n) is 16.5. The largest absolute Gasteiger partial charge is 0.496 e. The summed E-state index contributed by atoms with van der Waals surface area (Å²) in [7, 11) is 1.74. The predicted octanol–water partition coefficient (Wildman–Crippen LogP) is 3.54.